The largest absolute Gasteiger partial charge is 0.492 e. The van der Waals surface area contributed by atoms with Crippen LogP contribution in [0.2, 0.25) is 0 Å². The van der Waals surface area contributed by atoms with Gasteiger partial charge in [0, 0.05) is 12.8 Å². The Morgan fingerprint density at radius 2 is 2.38 bits per heavy atom. The summed E-state index contributed by atoms with van der Waals surface area (Å²) in [6, 6.07) is 3.99. The molecule has 13 heavy (non-hydrogen) atoms. The Labute approximate surface area is 85.0 Å². The highest BCUT2D eigenvalue weighted by molar-refractivity contribution is 9.10. The fraction of sp³-hybridized carbons (Fsp3) is 0.300. The minimum atomic E-state index is 0.478. The maximum atomic E-state index is 10.3. The predicted molar refractivity (Wildman–Crippen MR) is 53.1 cm³/mol. The Balaban J connectivity index is 2.43. The van der Waals surface area contributed by atoms with Crippen LogP contribution in [-0.2, 0) is 17.6 Å². The molecule has 0 fully saturated rings. The van der Waals surface area contributed by atoms with E-state index in [1.165, 1.54) is 5.56 Å². The van der Waals surface area contributed by atoms with E-state index in [0.29, 0.717) is 6.42 Å². The van der Waals surface area contributed by atoms with Crippen LogP contribution in [-0.4, -0.2) is 12.9 Å². The summed E-state index contributed by atoms with van der Waals surface area (Å²) in [6.45, 7) is 0.748. The quantitative estimate of drug-likeness (QED) is 0.741. The van der Waals surface area contributed by atoms with Crippen molar-refractivity contribution < 1.29 is 9.53 Å². The van der Waals surface area contributed by atoms with Crippen LogP contribution in [0.4, 0.5) is 0 Å². The van der Waals surface area contributed by atoms with E-state index >= 15 is 0 Å². The van der Waals surface area contributed by atoms with Gasteiger partial charge < -0.3 is 9.53 Å². The van der Waals surface area contributed by atoms with Crippen LogP contribution in [0.1, 0.15) is 11.1 Å². The van der Waals surface area contributed by atoms with Crippen LogP contribution >= 0.6 is 15.9 Å². The first-order valence-corrected chi connectivity index (χ1v) is 4.98. The Bertz CT molecular complexity index is 347. The number of carbonyl (C=O) groups excluding carboxylic acids is 1. The maximum absolute atomic E-state index is 10.3. The molecule has 0 bridgehead atoms. The van der Waals surface area contributed by atoms with E-state index in [1.54, 1.807) is 0 Å². The average molecular weight is 241 g/mol. The van der Waals surface area contributed by atoms with Crippen molar-refractivity contribution in [3.8, 4) is 5.75 Å². The van der Waals surface area contributed by atoms with E-state index < -0.39 is 0 Å². The molecule has 0 N–H and O–H groups in total. The van der Waals surface area contributed by atoms with Crippen LogP contribution in [0.15, 0.2) is 16.6 Å². The van der Waals surface area contributed by atoms with Crippen molar-refractivity contribution in [2.45, 2.75) is 12.8 Å². The van der Waals surface area contributed by atoms with E-state index in [1.807, 2.05) is 12.1 Å². The van der Waals surface area contributed by atoms with Crippen molar-refractivity contribution in [2.75, 3.05) is 6.61 Å². The lowest BCUT2D eigenvalue weighted by atomic mass is 10.1. The summed E-state index contributed by atoms with van der Waals surface area (Å²) in [5.74, 6) is 0.939. The second kappa shape index (κ2) is 3.50. The highest BCUT2D eigenvalue weighted by atomic mass is 79.9. The lowest BCUT2D eigenvalue weighted by molar-refractivity contribution is -0.107. The van der Waals surface area contributed by atoms with Crippen LogP contribution < -0.4 is 4.74 Å². The van der Waals surface area contributed by atoms with Crippen molar-refractivity contribution in [1.29, 1.82) is 0 Å². The minimum Gasteiger partial charge on any atom is -0.492 e. The van der Waals surface area contributed by atoms with Gasteiger partial charge in [0.05, 0.1) is 11.1 Å². The molecule has 0 atom stereocenters. The first-order chi connectivity index (χ1) is 6.31. The zero-order chi connectivity index (χ0) is 9.26. The number of hydrogen-bond donors (Lipinski definition) is 0. The number of rotatable bonds is 2. The zero-order valence-corrected chi connectivity index (χ0v) is 8.63. The molecule has 0 spiro atoms. The van der Waals surface area contributed by atoms with E-state index in [-0.39, 0.29) is 0 Å². The number of fused-ring (bicyclic) bond motifs is 1. The molecule has 0 unspecified atom stereocenters. The van der Waals surface area contributed by atoms with Crippen LogP contribution in [0.25, 0.3) is 0 Å². The van der Waals surface area contributed by atoms with Crippen molar-refractivity contribution in [3.05, 3.63) is 27.7 Å². The standard InChI is InChI=1S/C10H9BrO2/c11-9-6-7(1-3-12)5-8-2-4-13-10(8)9/h3,5-6H,1-2,4H2. The second-order valence-electron chi connectivity index (χ2n) is 3.04. The molecule has 3 heteroatoms. The van der Waals surface area contributed by atoms with Gasteiger partial charge in [-0.05, 0) is 33.1 Å². The van der Waals surface area contributed by atoms with Crippen molar-refractivity contribution in [3.63, 3.8) is 0 Å². The fourth-order valence-corrected chi connectivity index (χ4v) is 2.20. The molecule has 1 aromatic carbocycles. The first kappa shape index (κ1) is 8.75. The third kappa shape index (κ3) is 1.61. The summed E-state index contributed by atoms with van der Waals surface area (Å²) in [5, 5.41) is 0. The van der Waals surface area contributed by atoms with Crippen LogP contribution in [0.3, 0.4) is 0 Å². The molecule has 0 aromatic heterocycles. The lowest BCUT2D eigenvalue weighted by Crippen LogP contribution is -1.88. The van der Waals surface area contributed by atoms with E-state index in [0.717, 1.165) is 35.1 Å². The Kier molecular flexibility index (Phi) is 2.36. The monoisotopic (exact) mass is 240 g/mol. The molecular weight excluding hydrogens is 232 g/mol. The van der Waals surface area contributed by atoms with E-state index in [9.17, 15) is 4.79 Å². The molecule has 68 valence electrons. The van der Waals surface area contributed by atoms with Crippen LogP contribution in [0, 0.1) is 0 Å². The average Bonchev–Trinajstić information content (AvgIpc) is 2.53. The third-order valence-electron chi connectivity index (χ3n) is 2.12. The Morgan fingerprint density at radius 1 is 1.54 bits per heavy atom. The summed E-state index contributed by atoms with van der Waals surface area (Å²) in [6.07, 6.45) is 2.34. The van der Waals surface area contributed by atoms with Gasteiger partial charge in [0.15, 0.2) is 0 Å². The molecule has 1 heterocycles. The predicted octanol–water partition coefficient (Wildman–Crippen LogP) is 2.13. The number of aldehydes is 1. The molecule has 1 aliphatic heterocycles. The Hall–Kier alpha value is -0.830. The van der Waals surface area contributed by atoms with Crippen molar-refractivity contribution in [1.82, 2.24) is 0 Å². The summed E-state index contributed by atoms with van der Waals surface area (Å²) in [5.41, 5.74) is 2.25. The molecule has 0 aliphatic carbocycles. The fourth-order valence-electron chi connectivity index (χ4n) is 1.54. The van der Waals surface area contributed by atoms with Crippen LogP contribution in [0.5, 0.6) is 5.75 Å². The number of ether oxygens (including phenoxy) is 1. The zero-order valence-electron chi connectivity index (χ0n) is 7.05. The number of carbonyl (C=O) groups is 1. The molecule has 2 nitrogen and oxygen atoms in total. The Morgan fingerprint density at radius 3 is 3.15 bits per heavy atom. The summed E-state index contributed by atoms with van der Waals surface area (Å²) in [7, 11) is 0. The molecular formula is C10H9BrO2. The summed E-state index contributed by atoms with van der Waals surface area (Å²) in [4.78, 5) is 10.3. The molecule has 0 amide bonds. The smallest absolute Gasteiger partial charge is 0.136 e. The summed E-state index contributed by atoms with van der Waals surface area (Å²) >= 11 is 3.43. The highest BCUT2D eigenvalue weighted by Gasteiger charge is 2.15. The maximum Gasteiger partial charge on any atom is 0.136 e. The van der Waals surface area contributed by atoms with Gasteiger partial charge in [-0.25, -0.2) is 0 Å². The summed E-state index contributed by atoms with van der Waals surface area (Å²) < 4.78 is 6.38. The molecule has 2 rings (SSSR count). The molecule has 0 saturated carbocycles. The van der Waals surface area contributed by atoms with Crippen molar-refractivity contribution >= 4 is 22.2 Å². The minimum absolute atomic E-state index is 0.478. The number of halogens is 1. The molecule has 1 aliphatic rings. The van der Waals surface area contributed by atoms with Gasteiger partial charge in [0.1, 0.15) is 12.0 Å². The second-order valence-corrected chi connectivity index (χ2v) is 3.89. The normalized spacial score (nSPS) is 13.6. The topological polar surface area (TPSA) is 26.3 Å². The van der Waals surface area contributed by atoms with E-state index in [2.05, 4.69) is 15.9 Å². The number of hydrogen-bond acceptors (Lipinski definition) is 2. The highest BCUT2D eigenvalue weighted by Crippen LogP contribution is 2.34. The van der Waals surface area contributed by atoms with E-state index in [4.69, 9.17) is 4.74 Å². The van der Waals surface area contributed by atoms with Gasteiger partial charge in [0.2, 0.25) is 0 Å². The van der Waals surface area contributed by atoms with Gasteiger partial charge >= 0.3 is 0 Å². The molecule has 1 aromatic rings. The van der Waals surface area contributed by atoms with Gasteiger partial charge in [-0.15, -0.1) is 0 Å². The van der Waals surface area contributed by atoms with Gasteiger partial charge in [-0.3, -0.25) is 0 Å². The van der Waals surface area contributed by atoms with Gasteiger partial charge in [0.25, 0.3) is 0 Å². The third-order valence-corrected chi connectivity index (χ3v) is 2.71. The molecule has 0 radical (unpaired) electrons. The van der Waals surface area contributed by atoms with Gasteiger partial charge in [-0.1, -0.05) is 6.07 Å². The molecule has 0 saturated heterocycles. The van der Waals surface area contributed by atoms with Crippen molar-refractivity contribution in [2.24, 2.45) is 0 Å². The lowest BCUT2D eigenvalue weighted by Gasteiger charge is -2.04. The number of benzene rings is 1. The first-order valence-electron chi connectivity index (χ1n) is 4.19. The SMILES string of the molecule is O=CCc1cc(Br)c2c(c1)CCO2. The van der Waals surface area contributed by atoms with Gasteiger partial charge in [-0.2, -0.15) is 0 Å².